The van der Waals surface area contributed by atoms with Crippen LogP contribution in [-0.4, -0.2) is 17.1 Å². The second kappa shape index (κ2) is 5.83. The molecule has 0 radical (unpaired) electrons. The third kappa shape index (κ3) is 3.50. The molecule has 0 spiro atoms. The first-order valence-electron chi connectivity index (χ1n) is 6.54. The van der Waals surface area contributed by atoms with Crippen molar-refractivity contribution in [3.8, 4) is 0 Å². The van der Waals surface area contributed by atoms with Gasteiger partial charge in [-0.2, -0.15) is 13.2 Å². The largest absolute Gasteiger partial charge is 0.478 e. The van der Waals surface area contributed by atoms with E-state index in [-0.39, 0.29) is 23.7 Å². The van der Waals surface area contributed by atoms with Crippen LogP contribution in [0.25, 0.3) is 0 Å². The average Bonchev–Trinajstić information content (AvgIpc) is 2.88. The number of hydrogen-bond acceptors (Lipinski definition) is 2. The van der Waals surface area contributed by atoms with Crippen molar-refractivity contribution in [3.05, 3.63) is 34.9 Å². The van der Waals surface area contributed by atoms with Crippen molar-refractivity contribution < 1.29 is 23.1 Å². The van der Waals surface area contributed by atoms with Crippen LogP contribution in [0, 0.1) is 0 Å². The van der Waals surface area contributed by atoms with E-state index in [0.717, 1.165) is 25.7 Å². The van der Waals surface area contributed by atoms with Gasteiger partial charge in [-0.05, 0) is 30.5 Å². The number of carbonyl (C=O) groups is 1. The fourth-order valence-corrected chi connectivity index (χ4v) is 2.51. The maximum absolute atomic E-state index is 13.0. The molecule has 1 aliphatic rings. The first-order chi connectivity index (χ1) is 9.38. The van der Waals surface area contributed by atoms with Gasteiger partial charge in [-0.25, -0.2) is 4.79 Å². The Bertz CT molecular complexity index is 494. The van der Waals surface area contributed by atoms with E-state index in [1.807, 2.05) is 0 Å². The summed E-state index contributed by atoms with van der Waals surface area (Å²) < 4.78 is 38.9. The molecule has 0 bridgehead atoms. The molecular formula is C14H16F3NO2. The van der Waals surface area contributed by atoms with Crippen LogP contribution in [-0.2, 0) is 12.7 Å². The van der Waals surface area contributed by atoms with Gasteiger partial charge in [0.25, 0.3) is 0 Å². The van der Waals surface area contributed by atoms with E-state index in [9.17, 15) is 18.0 Å². The third-order valence-corrected chi connectivity index (χ3v) is 3.60. The van der Waals surface area contributed by atoms with E-state index < -0.39 is 17.7 Å². The molecular weight excluding hydrogens is 271 g/mol. The van der Waals surface area contributed by atoms with Crippen molar-refractivity contribution in [3.63, 3.8) is 0 Å². The van der Waals surface area contributed by atoms with Crippen molar-refractivity contribution in [2.75, 3.05) is 0 Å². The minimum atomic E-state index is -4.54. The Kier molecular flexibility index (Phi) is 4.32. The van der Waals surface area contributed by atoms with Gasteiger partial charge >= 0.3 is 12.1 Å². The van der Waals surface area contributed by atoms with Crippen LogP contribution in [0.2, 0.25) is 0 Å². The molecule has 0 aromatic heterocycles. The lowest BCUT2D eigenvalue weighted by atomic mass is 10.0. The Morgan fingerprint density at radius 1 is 1.30 bits per heavy atom. The monoisotopic (exact) mass is 287 g/mol. The Hall–Kier alpha value is -1.56. The quantitative estimate of drug-likeness (QED) is 0.892. The lowest BCUT2D eigenvalue weighted by Gasteiger charge is -2.17. The van der Waals surface area contributed by atoms with Crippen molar-refractivity contribution >= 4 is 5.97 Å². The number of nitrogens with one attached hydrogen (secondary N) is 1. The van der Waals surface area contributed by atoms with Gasteiger partial charge < -0.3 is 10.4 Å². The van der Waals surface area contributed by atoms with Crippen LogP contribution in [0.1, 0.15) is 47.2 Å². The summed E-state index contributed by atoms with van der Waals surface area (Å²) in [7, 11) is 0. The van der Waals surface area contributed by atoms with E-state index in [0.29, 0.717) is 6.07 Å². The molecule has 0 aliphatic heterocycles. The van der Waals surface area contributed by atoms with Gasteiger partial charge in [0.05, 0.1) is 11.1 Å². The number of alkyl halides is 3. The highest BCUT2D eigenvalue weighted by molar-refractivity contribution is 5.88. The van der Waals surface area contributed by atoms with Gasteiger partial charge in [-0.3, -0.25) is 0 Å². The summed E-state index contributed by atoms with van der Waals surface area (Å²) in [6, 6.07) is 3.42. The lowest BCUT2D eigenvalue weighted by Crippen LogP contribution is -2.26. The predicted molar refractivity (Wildman–Crippen MR) is 67.5 cm³/mol. The highest BCUT2D eigenvalue weighted by Crippen LogP contribution is 2.33. The number of halogens is 3. The highest BCUT2D eigenvalue weighted by atomic mass is 19.4. The third-order valence-electron chi connectivity index (χ3n) is 3.60. The van der Waals surface area contributed by atoms with Crippen LogP contribution in [0.5, 0.6) is 0 Å². The van der Waals surface area contributed by atoms with Gasteiger partial charge in [-0.15, -0.1) is 0 Å². The van der Waals surface area contributed by atoms with Crippen LogP contribution in [0.3, 0.4) is 0 Å². The van der Waals surface area contributed by atoms with E-state index in [4.69, 9.17) is 5.11 Å². The minimum Gasteiger partial charge on any atom is -0.478 e. The highest BCUT2D eigenvalue weighted by Gasteiger charge is 2.34. The minimum absolute atomic E-state index is 0.0920. The zero-order valence-electron chi connectivity index (χ0n) is 10.8. The molecule has 0 unspecified atom stereocenters. The smallest absolute Gasteiger partial charge is 0.416 e. The normalized spacial score (nSPS) is 16.6. The molecule has 2 N–H and O–H groups in total. The van der Waals surface area contributed by atoms with Crippen LogP contribution in [0.15, 0.2) is 18.2 Å². The molecule has 0 saturated heterocycles. The summed E-state index contributed by atoms with van der Waals surface area (Å²) in [6.45, 7) is 0.111. The van der Waals surface area contributed by atoms with Crippen LogP contribution >= 0.6 is 0 Å². The number of benzene rings is 1. The zero-order valence-corrected chi connectivity index (χ0v) is 10.8. The molecule has 1 saturated carbocycles. The topological polar surface area (TPSA) is 49.3 Å². The van der Waals surface area contributed by atoms with Crippen molar-refractivity contribution in [2.24, 2.45) is 0 Å². The fourth-order valence-electron chi connectivity index (χ4n) is 2.51. The molecule has 1 aromatic carbocycles. The van der Waals surface area contributed by atoms with Gasteiger partial charge in [0.15, 0.2) is 0 Å². The van der Waals surface area contributed by atoms with Gasteiger partial charge in [0, 0.05) is 12.6 Å². The maximum Gasteiger partial charge on any atom is 0.416 e. The molecule has 3 nitrogen and oxygen atoms in total. The van der Waals surface area contributed by atoms with Gasteiger partial charge in [0.2, 0.25) is 0 Å². The number of hydrogen-bond donors (Lipinski definition) is 2. The fraction of sp³-hybridized carbons (Fsp3) is 0.500. The molecule has 6 heteroatoms. The summed E-state index contributed by atoms with van der Waals surface area (Å²) in [6.07, 6.45) is -0.384. The van der Waals surface area contributed by atoms with Crippen LogP contribution < -0.4 is 5.32 Å². The second-order valence-electron chi connectivity index (χ2n) is 5.04. The Morgan fingerprint density at radius 2 is 1.95 bits per heavy atom. The molecule has 110 valence electrons. The summed E-state index contributed by atoms with van der Waals surface area (Å²) in [5, 5.41) is 11.9. The molecule has 2 rings (SSSR count). The maximum atomic E-state index is 13.0. The van der Waals surface area contributed by atoms with E-state index in [1.54, 1.807) is 0 Å². The van der Waals surface area contributed by atoms with Crippen molar-refractivity contribution in [1.82, 2.24) is 5.32 Å². The molecule has 0 amide bonds. The molecule has 1 fully saturated rings. The average molecular weight is 287 g/mol. The molecule has 20 heavy (non-hydrogen) atoms. The molecule has 0 heterocycles. The number of carboxylic acid groups (broad SMARTS) is 1. The second-order valence-corrected chi connectivity index (χ2v) is 5.04. The number of carboxylic acids is 1. The van der Waals surface area contributed by atoms with E-state index >= 15 is 0 Å². The first kappa shape index (κ1) is 14.8. The predicted octanol–water partition coefficient (Wildman–Crippen LogP) is 3.44. The van der Waals surface area contributed by atoms with Crippen molar-refractivity contribution in [1.29, 1.82) is 0 Å². The van der Waals surface area contributed by atoms with Gasteiger partial charge in [0.1, 0.15) is 0 Å². The Balaban J connectivity index is 2.19. The SMILES string of the molecule is O=C(O)c1ccc(CNC2CCCC2)c(C(F)(F)F)c1. The molecule has 1 aliphatic carbocycles. The first-order valence-corrected chi connectivity index (χ1v) is 6.54. The van der Waals surface area contributed by atoms with Gasteiger partial charge in [-0.1, -0.05) is 18.9 Å². The Morgan fingerprint density at radius 3 is 2.50 bits per heavy atom. The Labute approximate surface area is 114 Å². The summed E-state index contributed by atoms with van der Waals surface area (Å²) in [4.78, 5) is 10.8. The summed E-state index contributed by atoms with van der Waals surface area (Å²) in [5.41, 5.74) is -1.13. The number of aromatic carboxylic acids is 1. The summed E-state index contributed by atoms with van der Waals surface area (Å²) in [5.74, 6) is -1.36. The molecule has 1 aromatic rings. The zero-order chi connectivity index (χ0) is 14.8. The van der Waals surface area contributed by atoms with E-state index in [1.165, 1.54) is 12.1 Å². The van der Waals surface area contributed by atoms with Crippen molar-refractivity contribution in [2.45, 2.75) is 44.4 Å². The van der Waals surface area contributed by atoms with E-state index in [2.05, 4.69) is 5.32 Å². The number of rotatable bonds is 4. The van der Waals surface area contributed by atoms with Crippen LogP contribution in [0.4, 0.5) is 13.2 Å². The summed E-state index contributed by atoms with van der Waals surface area (Å²) >= 11 is 0. The standard InChI is InChI=1S/C14H16F3NO2/c15-14(16,17)12-7-9(13(19)20)5-6-10(12)8-18-11-3-1-2-4-11/h5-7,11,18H,1-4,8H2,(H,19,20). The lowest BCUT2D eigenvalue weighted by molar-refractivity contribution is -0.138. The molecule has 0 atom stereocenters.